The Labute approximate surface area is 560 Å². The van der Waals surface area contributed by atoms with Crippen molar-refractivity contribution in [2.45, 2.75) is 113 Å². The largest absolute Gasteiger partial charge is 0.444 e. The van der Waals surface area contributed by atoms with Crippen LogP contribution in [0.3, 0.4) is 0 Å². The highest BCUT2D eigenvalue weighted by Crippen LogP contribution is 2.35. The molecule has 0 aliphatic rings. The standard InChI is InChI=1S/C39H47N5O6.C36H38N4O6/c1-26-30(21-36(47)34-15-13-29(23-40-34)25-44(18-20-46)38(49)50-39(3,4)5)9-7-10-31(26)32-11-8-12-33(27(32)2)42-37(48)35-16-14-28(22-41-35)24-43(6)17-19-45;1-23-27(18-33(43)31-14-12-25(19-37-31)21-40(16-17-41)35(45)46-36(3,4)5)8-6-9-28(23)29-10-7-11-30(24(29)2)39-34(44)32-15-13-26(22-42)20-38-32/h7-16,22-23,45-46H,17-21,24-25H2,1-6H3,(H,42,48);6-15,19-20,22,41H,16-18,21H2,1-5H3,(H,39,44). The maximum absolute atomic E-state index is 13.3. The number of carbonyl (C=O) groups is 7. The number of pyridine rings is 4. The van der Waals surface area contributed by atoms with Crippen molar-refractivity contribution >= 4 is 53.2 Å². The summed E-state index contributed by atoms with van der Waals surface area (Å²) in [6, 6.07) is 36.4. The van der Waals surface area contributed by atoms with E-state index in [1.54, 1.807) is 90.5 Å². The molecule has 502 valence electrons. The van der Waals surface area contributed by atoms with Crippen LogP contribution in [0.2, 0.25) is 0 Å². The van der Waals surface area contributed by atoms with Gasteiger partial charge in [-0.15, -0.1) is 0 Å². The van der Waals surface area contributed by atoms with E-state index >= 15 is 0 Å². The second kappa shape index (κ2) is 33.8. The first-order valence-electron chi connectivity index (χ1n) is 31.5. The quantitative estimate of drug-likeness (QED) is 0.0263. The molecule has 0 radical (unpaired) electrons. The Balaban J connectivity index is 0.000000272. The van der Waals surface area contributed by atoms with E-state index in [4.69, 9.17) is 14.6 Å². The van der Waals surface area contributed by atoms with E-state index in [1.807, 2.05) is 119 Å². The monoisotopic (exact) mass is 1300 g/mol. The van der Waals surface area contributed by atoms with E-state index in [0.717, 1.165) is 61.2 Å². The zero-order valence-corrected chi connectivity index (χ0v) is 56.4. The van der Waals surface area contributed by atoms with E-state index in [0.29, 0.717) is 64.5 Å². The topological polar surface area (TPSA) is 284 Å². The minimum absolute atomic E-state index is 0.0739. The van der Waals surface area contributed by atoms with Crippen molar-refractivity contribution in [2.24, 2.45) is 0 Å². The van der Waals surface area contributed by atoms with Gasteiger partial charge in [-0.2, -0.15) is 0 Å². The highest BCUT2D eigenvalue weighted by Gasteiger charge is 2.25. The molecule has 8 rings (SSSR count). The molecule has 4 aromatic carbocycles. The molecule has 4 aromatic heterocycles. The van der Waals surface area contributed by atoms with Crippen LogP contribution >= 0.6 is 0 Å². The Morgan fingerprint density at radius 2 is 0.802 bits per heavy atom. The van der Waals surface area contributed by atoms with Gasteiger partial charge in [0.15, 0.2) is 17.9 Å². The molecule has 0 aliphatic heterocycles. The molecule has 4 amide bonds. The summed E-state index contributed by atoms with van der Waals surface area (Å²) in [7, 11) is 1.91. The number of amides is 4. The first-order chi connectivity index (χ1) is 45.7. The van der Waals surface area contributed by atoms with Gasteiger partial charge in [-0.1, -0.05) is 78.9 Å². The molecule has 0 saturated carbocycles. The summed E-state index contributed by atoms with van der Waals surface area (Å²) in [5.74, 6) is -1.01. The van der Waals surface area contributed by atoms with E-state index in [9.17, 15) is 43.8 Å². The number of aromatic nitrogens is 4. The molecule has 0 aliphatic carbocycles. The van der Waals surface area contributed by atoms with Crippen molar-refractivity contribution in [1.82, 2.24) is 34.6 Å². The molecular weight excluding hydrogens is 1220 g/mol. The Kier molecular flexibility index (Phi) is 25.8. The summed E-state index contributed by atoms with van der Waals surface area (Å²) in [6.45, 7) is 19.9. The van der Waals surface area contributed by atoms with Gasteiger partial charge in [0.2, 0.25) is 0 Å². The maximum Gasteiger partial charge on any atom is 0.410 e. The molecule has 21 nitrogen and oxygen atoms in total. The second-order valence-corrected chi connectivity index (χ2v) is 25.2. The predicted octanol–water partition coefficient (Wildman–Crippen LogP) is 11.6. The lowest BCUT2D eigenvalue weighted by Crippen LogP contribution is -2.38. The first-order valence-corrected chi connectivity index (χ1v) is 31.5. The summed E-state index contributed by atoms with van der Waals surface area (Å²) < 4.78 is 10.9. The number of rotatable bonds is 25. The fourth-order valence-corrected chi connectivity index (χ4v) is 10.4. The minimum Gasteiger partial charge on any atom is -0.444 e. The number of benzene rings is 4. The maximum atomic E-state index is 13.3. The van der Waals surface area contributed by atoms with E-state index in [2.05, 4.69) is 30.6 Å². The number of carbonyl (C=O) groups excluding carboxylic acids is 7. The Morgan fingerprint density at radius 3 is 1.15 bits per heavy atom. The van der Waals surface area contributed by atoms with Crippen LogP contribution in [-0.4, -0.2) is 150 Å². The third-order valence-corrected chi connectivity index (χ3v) is 15.5. The number of nitrogens with one attached hydrogen (secondary N) is 2. The van der Waals surface area contributed by atoms with Crippen LogP contribution < -0.4 is 10.6 Å². The number of Topliss-reactive ketones (excluding diaryl/α,β-unsaturated/α-hetero) is 2. The van der Waals surface area contributed by atoms with Gasteiger partial charge in [0.1, 0.15) is 34.0 Å². The highest BCUT2D eigenvalue weighted by molar-refractivity contribution is 6.05. The van der Waals surface area contributed by atoms with E-state index in [-0.39, 0.29) is 82.0 Å². The van der Waals surface area contributed by atoms with Gasteiger partial charge in [0, 0.05) is 80.7 Å². The van der Waals surface area contributed by atoms with Gasteiger partial charge in [-0.3, -0.25) is 48.8 Å². The molecule has 0 unspecified atom stereocenters. The average molecular weight is 1300 g/mol. The van der Waals surface area contributed by atoms with Gasteiger partial charge in [-0.05, 0) is 191 Å². The number of aliphatic hydroxyl groups is 3. The molecule has 0 fully saturated rings. The summed E-state index contributed by atoms with van der Waals surface area (Å²) in [5, 5.41) is 33.9. The van der Waals surface area contributed by atoms with Crippen molar-refractivity contribution in [1.29, 1.82) is 0 Å². The van der Waals surface area contributed by atoms with Crippen molar-refractivity contribution < 1.29 is 58.4 Å². The van der Waals surface area contributed by atoms with Gasteiger partial charge in [0.05, 0.1) is 32.9 Å². The number of hydrogen-bond donors (Lipinski definition) is 5. The number of aldehydes is 1. The van der Waals surface area contributed by atoms with Crippen LogP contribution in [0.15, 0.2) is 146 Å². The summed E-state index contributed by atoms with van der Waals surface area (Å²) >= 11 is 0. The van der Waals surface area contributed by atoms with Gasteiger partial charge < -0.3 is 45.2 Å². The molecule has 21 heteroatoms. The molecule has 8 aromatic rings. The zero-order valence-electron chi connectivity index (χ0n) is 56.4. The molecular formula is C75H85N9O12. The lowest BCUT2D eigenvalue weighted by Gasteiger charge is -2.27. The van der Waals surface area contributed by atoms with Crippen molar-refractivity contribution in [3.63, 3.8) is 0 Å². The van der Waals surface area contributed by atoms with Crippen LogP contribution in [0.25, 0.3) is 22.3 Å². The fourth-order valence-electron chi connectivity index (χ4n) is 10.4. The molecule has 96 heavy (non-hydrogen) atoms. The second-order valence-electron chi connectivity index (χ2n) is 25.2. The van der Waals surface area contributed by atoms with Crippen molar-refractivity contribution in [3.8, 4) is 22.3 Å². The first kappa shape index (κ1) is 73.2. The van der Waals surface area contributed by atoms with E-state index < -0.39 is 29.3 Å². The highest BCUT2D eigenvalue weighted by atomic mass is 16.6. The normalized spacial score (nSPS) is 11.2. The number of anilines is 2. The molecule has 0 bridgehead atoms. The Bertz CT molecular complexity index is 4030. The van der Waals surface area contributed by atoms with Crippen LogP contribution in [0.5, 0.6) is 0 Å². The average Bonchev–Trinajstić information content (AvgIpc) is 0.812. The minimum atomic E-state index is -0.670. The number of ether oxygens (including phenoxy) is 2. The lowest BCUT2D eigenvalue weighted by atomic mass is 9.91. The molecule has 0 atom stereocenters. The van der Waals surface area contributed by atoms with Crippen LogP contribution in [-0.2, 0) is 41.9 Å². The van der Waals surface area contributed by atoms with Crippen LogP contribution in [0.4, 0.5) is 21.0 Å². The number of likely N-dealkylation sites (N-methyl/N-ethyl adjacent to an activating group) is 1. The number of hydrogen-bond acceptors (Lipinski definition) is 17. The molecule has 0 spiro atoms. The Morgan fingerprint density at radius 1 is 0.448 bits per heavy atom. The Hall–Kier alpha value is -10.2. The van der Waals surface area contributed by atoms with Crippen LogP contribution in [0.1, 0.15) is 144 Å². The van der Waals surface area contributed by atoms with E-state index in [1.165, 1.54) is 28.1 Å². The van der Waals surface area contributed by atoms with Crippen molar-refractivity contribution in [3.05, 3.63) is 225 Å². The SMILES string of the molecule is Cc1c(CC(=O)c2ccc(CN(CCO)C(=O)OC(C)(C)C)cn2)cccc1-c1cccc(NC(=O)c2ccc(C=O)cn2)c1C.Cc1c(CC(=O)c2ccc(CN(CCO)C(=O)OC(C)(C)C)cn2)cccc1-c1cccc(NC(=O)c2ccc(CN(C)CCO)cn2)c1C. The number of ketones is 2. The molecule has 5 N–H and O–H groups in total. The van der Waals surface area contributed by atoms with Gasteiger partial charge in [-0.25, -0.2) is 9.59 Å². The predicted molar refractivity (Wildman–Crippen MR) is 368 cm³/mol. The lowest BCUT2D eigenvalue weighted by molar-refractivity contribution is 0.0193. The van der Waals surface area contributed by atoms with Gasteiger partial charge >= 0.3 is 12.2 Å². The van der Waals surface area contributed by atoms with Crippen LogP contribution in [0, 0.1) is 27.7 Å². The third kappa shape index (κ3) is 20.7. The summed E-state index contributed by atoms with van der Waals surface area (Å²) in [4.78, 5) is 111. The number of nitrogens with zero attached hydrogens (tertiary/aromatic N) is 7. The number of aliphatic hydroxyl groups excluding tert-OH is 3. The fraction of sp³-hybridized carbons (Fsp3) is 0.320. The smallest absolute Gasteiger partial charge is 0.410 e. The third-order valence-electron chi connectivity index (χ3n) is 15.5. The summed E-state index contributed by atoms with van der Waals surface area (Å²) in [5.41, 5.74) is 12.8. The zero-order chi connectivity index (χ0) is 69.9. The van der Waals surface area contributed by atoms with Crippen molar-refractivity contribution in [2.75, 3.05) is 57.1 Å². The van der Waals surface area contributed by atoms with Gasteiger partial charge in [0.25, 0.3) is 11.8 Å². The molecule has 0 saturated heterocycles. The molecule has 4 heterocycles. The summed E-state index contributed by atoms with van der Waals surface area (Å²) in [6.07, 6.45) is 6.03.